The molecular weight excluding hydrogens is 301 g/mol. The van der Waals surface area contributed by atoms with Gasteiger partial charge < -0.3 is 15.8 Å². The topological polar surface area (TPSA) is 86.0 Å². The highest BCUT2D eigenvalue weighted by molar-refractivity contribution is 6.39. The van der Waals surface area contributed by atoms with Crippen molar-refractivity contribution in [3.63, 3.8) is 0 Å². The second kappa shape index (κ2) is 6.11. The Balaban J connectivity index is 2.31. The van der Waals surface area contributed by atoms with Crippen molar-refractivity contribution in [2.75, 3.05) is 11.1 Å². The first-order valence-electron chi connectivity index (χ1n) is 5.85. The Morgan fingerprint density at radius 3 is 2.40 bits per heavy atom. The lowest BCUT2D eigenvalue weighted by atomic mass is 10.3. The second-order valence-electron chi connectivity index (χ2n) is 4.19. The maximum Gasteiger partial charge on any atom is 0.323 e. The number of rotatable bonds is 4. The average Bonchev–Trinajstić information content (AvgIpc) is 2.32. The fourth-order valence-electron chi connectivity index (χ4n) is 1.42. The number of anilines is 3. The molecule has 0 fully saturated rings. The molecule has 0 radical (unpaired) electrons. The Morgan fingerprint density at radius 1 is 1.15 bits per heavy atom. The predicted molar refractivity (Wildman–Crippen MR) is 79.7 cm³/mol. The minimum absolute atomic E-state index is 0.0429. The fraction of sp³-hybridized carbons (Fsp3) is 0.250. The summed E-state index contributed by atoms with van der Waals surface area (Å²) < 4.78 is 5.39. The molecular formula is C12H13Cl2N5O. The molecule has 20 heavy (non-hydrogen) atoms. The zero-order valence-corrected chi connectivity index (χ0v) is 12.4. The maximum absolute atomic E-state index is 6.06. The Bertz CT molecular complexity index is 601. The Hall–Kier alpha value is -1.79. The lowest BCUT2D eigenvalue weighted by Gasteiger charge is -2.11. The van der Waals surface area contributed by atoms with E-state index in [9.17, 15) is 0 Å². The van der Waals surface area contributed by atoms with Gasteiger partial charge in [-0.3, -0.25) is 0 Å². The van der Waals surface area contributed by atoms with E-state index in [1.807, 2.05) is 13.8 Å². The number of halogens is 2. The molecule has 0 unspecified atom stereocenters. The first kappa shape index (κ1) is 14.6. The van der Waals surface area contributed by atoms with Crippen molar-refractivity contribution in [3.05, 3.63) is 28.2 Å². The average molecular weight is 314 g/mol. The van der Waals surface area contributed by atoms with Crippen LogP contribution in [-0.4, -0.2) is 21.1 Å². The molecule has 0 aliphatic heterocycles. The van der Waals surface area contributed by atoms with Crippen LogP contribution < -0.4 is 15.8 Å². The van der Waals surface area contributed by atoms with Gasteiger partial charge >= 0.3 is 6.01 Å². The molecule has 8 heteroatoms. The van der Waals surface area contributed by atoms with Crippen LogP contribution in [0.15, 0.2) is 18.2 Å². The van der Waals surface area contributed by atoms with Gasteiger partial charge in [0.15, 0.2) is 0 Å². The van der Waals surface area contributed by atoms with Gasteiger partial charge in [-0.25, -0.2) is 0 Å². The van der Waals surface area contributed by atoms with Gasteiger partial charge in [-0.05, 0) is 26.0 Å². The van der Waals surface area contributed by atoms with Crippen LogP contribution >= 0.6 is 23.2 Å². The van der Waals surface area contributed by atoms with E-state index in [0.717, 1.165) is 0 Å². The van der Waals surface area contributed by atoms with Gasteiger partial charge in [-0.15, -0.1) is 0 Å². The van der Waals surface area contributed by atoms with E-state index in [2.05, 4.69) is 20.3 Å². The normalized spacial score (nSPS) is 10.7. The molecule has 1 aromatic carbocycles. The van der Waals surface area contributed by atoms with Gasteiger partial charge in [0, 0.05) is 0 Å². The molecule has 0 atom stereocenters. The molecule has 2 aromatic rings. The summed E-state index contributed by atoms with van der Waals surface area (Å²) in [4.78, 5) is 12.0. The Labute approximate surface area is 126 Å². The van der Waals surface area contributed by atoms with Crippen molar-refractivity contribution < 1.29 is 4.74 Å². The minimum atomic E-state index is -0.0754. The number of aromatic nitrogens is 3. The molecule has 0 bridgehead atoms. The molecule has 1 heterocycles. The van der Waals surface area contributed by atoms with Crippen LogP contribution in [0.5, 0.6) is 6.01 Å². The van der Waals surface area contributed by atoms with Gasteiger partial charge in [-0.1, -0.05) is 29.3 Å². The van der Waals surface area contributed by atoms with Crippen LogP contribution in [0.3, 0.4) is 0 Å². The summed E-state index contributed by atoms with van der Waals surface area (Å²) in [5.41, 5.74) is 6.11. The highest BCUT2D eigenvalue weighted by atomic mass is 35.5. The first-order chi connectivity index (χ1) is 9.45. The summed E-state index contributed by atoms with van der Waals surface area (Å²) in [5.74, 6) is 0.254. The number of hydrogen-bond acceptors (Lipinski definition) is 6. The van der Waals surface area contributed by atoms with Crippen molar-refractivity contribution >= 4 is 40.8 Å². The van der Waals surface area contributed by atoms with E-state index in [4.69, 9.17) is 33.7 Å². The van der Waals surface area contributed by atoms with Gasteiger partial charge in [0.25, 0.3) is 0 Å². The molecule has 1 aromatic heterocycles. The van der Waals surface area contributed by atoms with Crippen LogP contribution in [0.1, 0.15) is 13.8 Å². The number of nitrogens with one attached hydrogen (secondary N) is 1. The molecule has 0 amide bonds. The van der Waals surface area contributed by atoms with Gasteiger partial charge in [0.1, 0.15) is 0 Å². The van der Waals surface area contributed by atoms with E-state index in [1.54, 1.807) is 18.2 Å². The van der Waals surface area contributed by atoms with E-state index >= 15 is 0 Å². The van der Waals surface area contributed by atoms with Crippen LogP contribution in [0, 0.1) is 0 Å². The van der Waals surface area contributed by atoms with Crippen molar-refractivity contribution in [1.29, 1.82) is 0 Å². The third-order valence-electron chi connectivity index (χ3n) is 2.17. The monoisotopic (exact) mass is 313 g/mol. The van der Waals surface area contributed by atoms with E-state index in [1.165, 1.54) is 0 Å². The minimum Gasteiger partial charge on any atom is -0.461 e. The fourth-order valence-corrected chi connectivity index (χ4v) is 1.91. The van der Waals surface area contributed by atoms with Crippen molar-refractivity contribution in [2.24, 2.45) is 0 Å². The summed E-state index contributed by atoms with van der Waals surface area (Å²) >= 11 is 12.1. The molecule has 6 nitrogen and oxygen atoms in total. The largest absolute Gasteiger partial charge is 0.461 e. The SMILES string of the molecule is CC(C)Oc1nc(N)nc(Nc2c(Cl)cccc2Cl)n1. The zero-order valence-electron chi connectivity index (χ0n) is 10.9. The molecule has 0 saturated carbocycles. The molecule has 0 aliphatic rings. The summed E-state index contributed by atoms with van der Waals surface area (Å²) in [7, 11) is 0. The highest BCUT2D eigenvalue weighted by Gasteiger charge is 2.11. The van der Waals surface area contributed by atoms with Crippen LogP contribution in [0.2, 0.25) is 10.0 Å². The zero-order chi connectivity index (χ0) is 14.7. The standard InChI is InChI=1S/C12H13Cl2N5O/c1-6(2)20-12-18-10(15)17-11(19-12)16-9-7(13)4-3-5-8(9)14/h3-6H,1-2H3,(H3,15,16,17,18,19). The molecule has 0 aliphatic carbocycles. The number of ether oxygens (including phenoxy) is 1. The Morgan fingerprint density at radius 2 is 1.80 bits per heavy atom. The maximum atomic E-state index is 6.06. The van der Waals surface area contributed by atoms with Crippen molar-refractivity contribution in [3.8, 4) is 6.01 Å². The van der Waals surface area contributed by atoms with Gasteiger partial charge in [0.05, 0.1) is 21.8 Å². The number of para-hydroxylation sites is 1. The number of hydrogen-bond donors (Lipinski definition) is 2. The summed E-state index contributed by atoms with van der Waals surface area (Å²) in [6.45, 7) is 3.72. The number of nitrogen functional groups attached to an aromatic ring is 1. The van der Waals surface area contributed by atoms with E-state index < -0.39 is 0 Å². The molecule has 3 N–H and O–H groups in total. The molecule has 0 saturated heterocycles. The quantitative estimate of drug-likeness (QED) is 0.900. The predicted octanol–water partition coefficient (Wildman–Crippen LogP) is 3.29. The van der Waals surface area contributed by atoms with Crippen LogP contribution in [0.25, 0.3) is 0 Å². The highest BCUT2D eigenvalue weighted by Crippen LogP contribution is 2.31. The summed E-state index contributed by atoms with van der Waals surface area (Å²) in [6.07, 6.45) is -0.0754. The number of nitrogens with two attached hydrogens (primary N) is 1. The van der Waals surface area contributed by atoms with E-state index in [0.29, 0.717) is 15.7 Å². The third-order valence-corrected chi connectivity index (χ3v) is 2.80. The lowest BCUT2D eigenvalue weighted by molar-refractivity contribution is 0.222. The lowest BCUT2D eigenvalue weighted by Crippen LogP contribution is -2.12. The number of nitrogens with zero attached hydrogens (tertiary/aromatic N) is 3. The molecule has 2 rings (SSSR count). The number of benzene rings is 1. The molecule has 106 valence electrons. The second-order valence-corrected chi connectivity index (χ2v) is 5.00. The van der Waals surface area contributed by atoms with Crippen molar-refractivity contribution in [2.45, 2.75) is 20.0 Å². The first-order valence-corrected chi connectivity index (χ1v) is 6.60. The smallest absolute Gasteiger partial charge is 0.323 e. The third kappa shape index (κ3) is 3.61. The Kier molecular flexibility index (Phi) is 4.46. The van der Waals surface area contributed by atoms with Crippen LogP contribution in [-0.2, 0) is 0 Å². The summed E-state index contributed by atoms with van der Waals surface area (Å²) in [6, 6.07) is 5.28. The van der Waals surface area contributed by atoms with Crippen molar-refractivity contribution in [1.82, 2.24) is 15.0 Å². The molecule has 0 spiro atoms. The van der Waals surface area contributed by atoms with Crippen LogP contribution in [0.4, 0.5) is 17.6 Å². The summed E-state index contributed by atoms with van der Waals surface area (Å²) in [5, 5.41) is 3.80. The van der Waals surface area contributed by atoms with Gasteiger partial charge in [-0.2, -0.15) is 15.0 Å². The van der Waals surface area contributed by atoms with E-state index in [-0.39, 0.29) is 24.0 Å². The van der Waals surface area contributed by atoms with Gasteiger partial charge in [0.2, 0.25) is 11.9 Å².